The molecule has 1 N–H and O–H groups in total. The van der Waals surface area contributed by atoms with E-state index < -0.39 is 0 Å². The average molecular weight is 240 g/mol. The first kappa shape index (κ1) is 12.3. The first-order chi connectivity index (χ1) is 8.28. The van der Waals surface area contributed by atoms with Gasteiger partial charge in [0.05, 0.1) is 19.3 Å². The Kier molecular flexibility index (Phi) is 4.34. The third-order valence-electron chi connectivity index (χ3n) is 2.85. The quantitative estimate of drug-likeness (QED) is 0.858. The summed E-state index contributed by atoms with van der Waals surface area (Å²) in [5.41, 5.74) is 0.525. The maximum Gasteiger partial charge on any atom is 0.127 e. The minimum Gasteiger partial charge on any atom is -0.493 e. The topological polar surface area (TPSA) is 38.7 Å². The molecule has 1 aliphatic rings. The van der Waals surface area contributed by atoms with Crippen LogP contribution >= 0.6 is 0 Å². The molecule has 2 rings (SSSR count). The summed E-state index contributed by atoms with van der Waals surface area (Å²) in [5, 5.41) is 8.94. The molecular formula is C13H17FO3. The number of aliphatic hydroxyl groups is 1. The van der Waals surface area contributed by atoms with Crippen LogP contribution in [0.2, 0.25) is 0 Å². The smallest absolute Gasteiger partial charge is 0.127 e. The molecule has 1 unspecified atom stereocenters. The highest BCUT2D eigenvalue weighted by atomic mass is 19.1. The van der Waals surface area contributed by atoms with Crippen LogP contribution in [0.5, 0.6) is 5.75 Å². The number of aliphatic hydroxyl groups excluding tert-OH is 1. The molecule has 1 atom stereocenters. The molecule has 94 valence electrons. The van der Waals surface area contributed by atoms with Crippen LogP contribution in [0, 0.1) is 5.82 Å². The van der Waals surface area contributed by atoms with Crippen molar-refractivity contribution in [3.63, 3.8) is 0 Å². The molecule has 1 aromatic carbocycles. The SMILES string of the molecule is OCc1cc(F)cc(OCCC2CCCO2)c1. The van der Waals surface area contributed by atoms with E-state index in [9.17, 15) is 4.39 Å². The van der Waals surface area contributed by atoms with Crippen molar-refractivity contribution >= 4 is 0 Å². The lowest BCUT2D eigenvalue weighted by atomic mass is 10.2. The van der Waals surface area contributed by atoms with Gasteiger partial charge in [-0.3, -0.25) is 0 Å². The van der Waals surface area contributed by atoms with Crippen molar-refractivity contribution in [3.05, 3.63) is 29.6 Å². The lowest BCUT2D eigenvalue weighted by molar-refractivity contribution is 0.0903. The Morgan fingerprint density at radius 2 is 2.29 bits per heavy atom. The summed E-state index contributed by atoms with van der Waals surface area (Å²) in [6, 6.07) is 4.28. The van der Waals surface area contributed by atoms with Gasteiger partial charge in [-0.05, 0) is 30.5 Å². The van der Waals surface area contributed by atoms with E-state index in [2.05, 4.69) is 0 Å². The normalized spacial score (nSPS) is 19.5. The fraction of sp³-hybridized carbons (Fsp3) is 0.538. The van der Waals surface area contributed by atoms with Crippen LogP contribution in [0.3, 0.4) is 0 Å². The van der Waals surface area contributed by atoms with Crippen LogP contribution in [-0.4, -0.2) is 24.4 Å². The van der Waals surface area contributed by atoms with Crippen LogP contribution < -0.4 is 4.74 Å². The van der Waals surface area contributed by atoms with E-state index >= 15 is 0 Å². The van der Waals surface area contributed by atoms with Crippen molar-refractivity contribution in [3.8, 4) is 5.75 Å². The fourth-order valence-electron chi connectivity index (χ4n) is 1.98. The summed E-state index contributed by atoms with van der Waals surface area (Å²) >= 11 is 0. The number of rotatable bonds is 5. The van der Waals surface area contributed by atoms with Crippen LogP contribution in [-0.2, 0) is 11.3 Å². The van der Waals surface area contributed by atoms with Gasteiger partial charge in [0.25, 0.3) is 0 Å². The summed E-state index contributed by atoms with van der Waals surface area (Å²) < 4.78 is 24.1. The predicted octanol–water partition coefficient (Wildman–Crippen LogP) is 2.27. The molecule has 4 heteroatoms. The van der Waals surface area contributed by atoms with Gasteiger partial charge in [-0.1, -0.05) is 0 Å². The molecule has 0 bridgehead atoms. The number of halogens is 1. The third-order valence-corrected chi connectivity index (χ3v) is 2.85. The van der Waals surface area contributed by atoms with Gasteiger partial charge in [-0.2, -0.15) is 0 Å². The van der Waals surface area contributed by atoms with E-state index in [-0.39, 0.29) is 18.5 Å². The number of benzene rings is 1. The summed E-state index contributed by atoms with van der Waals surface area (Å²) in [4.78, 5) is 0. The highest BCUT2D eigenvalue weighted by Gasteiger charge is 2.15. The Balaban J connectivity index is 1.83. The zero-order valence-corrected chi connectivity index (χ0v) is 9.69. The van der Waals surface area contributed by atoms with Gasteiger partial charge in [0, 0.05) is 19.1 Å². The summed E-state index contributed by atoms with van der Waals surface area (Å²) in [6.45, 7) is 1.16. The number of hydrogen-bond acceptors (Lipinski definition) is 3. The minimum atomic E-state index is -0.385. The zero-order chi connectivity index (χ0) is 12.1. The number of ether oxygens (including phenoxy) is 2. The maximum absolute atomic E-state index is 13.1. The molecule has 17 heavy (non-hydrogen) atoms. The van der Waals surface area contributed by atoms with Crippen LogP contribution in [0.15, 0.2) is 18.2 Å². The molecule has 0 spiro atoms. The van der Waals surface area contributed by atoms with Crippen molar-refractivity contribution in [2.45, 2.75) is 32.0 Å². The van der Waals surface area contributed by atoms with Crippen LogP contribution in [0.25, 0.3) is 0 Å². The monoisotopic (exact) mass is 240 g/mol. The zero-order valence-electron chi connectivity index (χ0n) is 9.69. The van der Waals surface area contributed by atoms with Crippen molar-refractivity contribution in [1.29, 1.82) is 0 Å². The Hall–Kier alpha value is -1.13. The summed E-state index contributed by atoms with van der Waals surface area (Å²) in [5.74, 6) is 0.0794. The second kappa shape index (κ2) is 5.98. The van der Waals surface area contributed by atoms with E-state index in [1.165, 1.54) is 12.1 Å². The first-order valence-electron chi connectivity index (χ1n) is 5.92. The molecule has 1 aromatic rings. The van der Waals surface area contributed by atoms with Crippen LogP contribution in [0.4, 0.5) is 4.39 Å². The lowest BCUT2D eigenvalue weighted by Gasteiger charge is -2.11. The molecule has 1 saturated heterocycles. The second-order valence-corrected chi connectivity index (χ2v) is 4.23. The molecule has 0 amide bonds. The van der Waals surface area contributed by atoms with Crippen LogP contribution in [0.1, 0.15) is 24.8 Å². The van der Waals surface area contributed by atoms with Crippen molar-refractivity contribution in [2.24, 2.45) is 0 Å². The first-order valence-corrected chi connectivity index (χ1v) is 5.92. The molecule has 0 aromatic heterocycles. The van der Waals surface area contributed by atoms with E-state index in [0.29, 0.717) is 17.9 Å². The molecule has 1 fully saturated rings. The Morgan fingerprint density at radius 1 is 1.41 bits per heavy atom. The van der Waals surface area contributed by atoms with Gasteiger partial charge < -0.3 is 14.6 Å². The maximum atomic E-state index is 13.1. The lowest BCUT2D eigenvalue weighted by Crippen LogP contribution is -2.10. The number of hydrogen-bond donors (Lipinski definition) is 1. The van der Waals surface area contributed by atoms with Gasteiger partial charge in [-0.25, -0.2) is 4.39 Å². The standard InChI is InChI=1S/C13H17FO3/c14-11-6-10(9-15)7-13(8-11)17-5-3-12-2-1-4-16-12/h6-8,12,15H,1-5,9H2. The average Bonchev–Trinajstić information content (AvgIpc) is 2.81. The molecule has 3 nitrogen and oxygen atoms in total. The Labute approximate surface area is 100 Å². The van der Waals surface area contributed by atoms with Gasteiger partial charge in [0.15, 0.2) is 0 Å². The van der Waals surface area contributed by atoms with Crippen molar-refractivity contribution in [1.82, 2.24) is 0 Å². The molecule has 1 heterocycles. The van der Waals surface area contributed by atoms with Gasteiger partial charge in [0.1, 0.15) is 11.6 Å². The summed E-state index contributed by atoms with van der Waals surface area (Å²) in [6.07, 6.45) is 3.29. The fourth-order valence-corrected chi connectivity index (χ4v) is 1.98. The van der Waals surface area contributed by atoms with Gasteiger partial charge >= 0.3 is 0 Å². The highest BCUT2D eigenvalue weighted by Crippen LogP contribution is 2.19. The molecule has 0 radical (unpaired) electrons. The summed E-state index contributed by atoms with van der Waals surface area (Å²) in [7, 11) is 0. The van der Waals surface area contributed by atoms with E-state index in [0.717, 1.165) is 25.9 Å². The van der Waals surface area contributed by atoms with Gasteiger partial charge in [0.2, 0.25) is 0 Å². The minimum absolute atomic E-state index is 0.181. The predicted molar refractivity (Wildman–Crippen MR) is 61.4 cm³/mol. The molecule has 1 aliphatic heterocycles. The van der Waals surface area contributed by atoms with E-state index in [1.807, 2.05) is 0 Å². The van der Waals surface area contributed by atoms with Crippen molar-refractivity contribution in [2.75, 3.05) is 13.2 Å². The Morgan fingerprint density at radius 3 is 3.00 bits per heavy atom. The molecule has 0 aliphatic carbocycles. The molecule has 0 saturated carbocycles. The third kappa shape index (κ3) is 3.68. The highest BCUT2D eigenvalue weighted by molar-refractivity contribution is 5.29. The largest absolute Gasteiger partial charge is 0.493 e. The van der Waals surface area contributed by atoms with E-state index in [4.69, 9.17) is 14.6 Å². The van der Waals surface area contributed by atoms with E-state index in [1.54, 1.807) is 6.07 Å². The Bertz CT molecular complexity index is 362. The van der Waals surface area contributed by atoms with Crippen molar-refractivity contribution < 1.29 is 19.0 Å². The molecular weight excluding hydrogens is 223 g/mol. The second-order valence-electron chi connectivity index (χ2n) is 4.23. The van der Waals surface area contributed by atoms with Gasteiger partial charge in [-0.15, -0.1) is 0 Å².